The number of rotatable bonds is 4. The van der Waals surface area contributed by atoms with Crippen molar-refractivity contribution in [3.8, 4) is 5.75 Å². The molecule has 3 N–H and O–H groups in total. The van der Waals surface area contributed by atoms with Gasteiger partial charge in [0.1, 0.15) is 0 Å². The molecule has 0 aliphatic rings. The van der Waals surface area contributed by atoms with E-state index < -0.39 is 11.7 Å². The number of carbonyl (C=O) groups is 1. The molecule has 1 aromatic carbocycles. The van der Waals surface area contributed by atoms with E-state index in [1.807, 2.05) is 0 Å². The van der Waals surface area contributed by atoms with Crippen LogP contribution in [0.2, 0.25) is 0 Å². The monoisotopic (exact) mass is 212 g/mol. The van der Waals surface area contributed by atoms with Crippen LogP contribution in [0.4, 0.5) is 5.69 Å². The van der Waals surface area contributed by atoms with Crippen molar-refractivity contribution in [2.45, 2.75) is 12.8 Å². The van der Waals surface area contributed by atoms with Gasteiger partial charge in [-0.05, 0) is 18.1 Å². The minimum atomic E-state index is -0.951. The fourth-order valence-electron chi connectivity index (χ4n) is 1.13. The van der Waals surface area contributed by atoms with Gasteiger partial charge in [-0.2, -0.15) is 0 Å². The number of hydrogen-bond acceptors (Lipinski definition) is 5. The molecule has 82 valence electrons. The highest BCUT2D eigenvalue weighted by atomic mass is 16.8. The van der Waals surface area contributed by atoms with Crippen LogP contribution in [0.15, 0.2) is 18.2 Å². The maximum Gasteiger partial charge on any atom is 0.303 e. The van der Waals surface area contributed by atoms with Crippen molar-refractivity contribution in [2.24, 2.45) is 0 Å². The molecular weight excluding hydrogens is 202 g/mol. The molecule has 0 radical (unpaired) electrons. The van der Waals surface area contributed by atoms with E-state index in [9.17, 15) is 9.90 Å². The molecule has 0 aliphatic heterocycles. The van der Waals surface area contributed by atoms with E-state index in [4.69, 9.17) is 15.5 Å². The summed E-state index contributed by atoms with van der Waals surface area (Å²) in [6.07, 6.45) is 0.158. The molecule has 6 nitrogen and oxygen atoms in total. The lowest BCUT2D eigenvalue weighted by Crippen LogP contribution is -2.14. The molecule has 0 aromatic heterocycles. The second kappa shape index (κ2) is 4.63. The third-order valence-electron chi connectivity index (χ3n) is 1.87. The van der Waals surface area contributed by atoms with Gasteiger partial charge in [-0.3, -0.25) is 15.2 Å². The van der Waals surface area contributed by atoms with E-state index in [0.717, 1.165) is 6.07 Å². The first-order valence-electron chi connectivity index (χ1n) is 4.20. The van der Waals surface area contributed by atoms with Crippen LogP contribution in [0.5, 0.6) is 5.75 Å². The average molecular weight is 212 g/mol. The fraction of sp³-hybridized carbons (Fsp3) is 0.222. The third-order valence-corrected chi connectivity index (χ3v) is 1.87. The number of aliphatic carboxylic acids is 1. The second-order valence-corrected chi connectivity index (χ2v) is 2.99. The maximum absolute atomic E-state index is 11.1. The number of benzene rings is 1. The topological polar surface area (TPSA) is 104 Å². The highest BCUT2D eigenvalue weighted by Gasteiger charge is 2.04. The van der Waals surface area contributed by atoms with Crippen molar-refractivity contribution >= 4 is 11.7 Å². The van der Waals surface area contributed by atoms with Gasteiger partial charge in [-0.1, -0.05) is 17.9 Å². The van der Waals surface area contributed by atoms with Gasteiger partial charge < -0.3 is 10.2 Å². The normalized spacial score (nSPS) is 10.0. The molecule has 0 fully saturated rings. The zero-order valence-corrected chi connectivity index (χ0v) is 7.75. The lowest BCUT2D eigenvalue weighted by Gasteiger charge is -2.17. The molecule has 0 bridgehead atoms. The predicted molar refractivity (Wildman–Crippen MR) is 47.9 cm³/mol. The molecule has 0 saturated heterocycles. The molecule has 0 atom stereocenters. The summed E-state index contributed by atoms with van der Waals surface area (Å²) in [5.74, 6) is -1.49. The first kappa shape index (κ1) is 11.3. The van der Waals surface area contributed by atoms with Crippen LogP contribution < -0.4 is 10.3 Å². The lowest BCUT2D eigenvalue weighted by molar-refractivity contribution is -0.268. The second-order valence-electron chi connectivity index (χ2n) is 2.99. The molecule has 6 heteroatoms. The number of hydrogen-bond donors (Lipinski definition) is 3. The zero-order valence-electron chi connectivity index (χ0n) is 7.75. The van der Waals surface area contributed by atoms with Crippen LogP contribution >= 0.6 is 0 Å². The van der Waals surface area contributed by atoms with E-state index in [1.165, 1.54) is 12.1 Å². The number of anilines is 1. The summed E-state index contributed by atoms with van der Waals surface area (Å²) in [5, 5.41) is 36.6. The smallest absolute Gasteiger partial charge is 0.303 e. The van der Waals surface area contributed by atoms with Crippen molar-refractivity contribution in [1.29, 1.82) is 0 Å². The Kier molecular flexibility index (Phi) is 3.48. The highest BCUT2D eigenvalue weighted by Crippen LogP contribution is 2.24. The van der Waals surface area contributed by atoms with Crippen LogP contribution in [0.3, 0.4) is 0 Å². The van der Waals surface area contributed by atoms with Gasteiger partial charge >= 0.3 is 5.97 Å². The highest BCUT2D eigenvalue weighted by molar-refractivity contribution is 5.67. The van der Waals surface area contributed by atoms with Crippen molar-refractivity contribution in [1.82, 2.24) is 0 Å². The Labute approximate surface area is 85.5 Å². The number of carboxylic acids is 1. The summed E-state index contributed by atoms with van der Waals surface area (Å²) in [7, 11) is 0. The average Bonchev–Trinajstić information content (AvgIpc) is 2.16. The fourth-order valence-corrected chi connectivity index (χ4v) is 1.13. The van der Waals surface area contributed by atoms with Gasteiger partial charge in [-0.15, -0.1) is 5.23 Å². The molecule has 0 saturated carbocycles. The first-order chi connectivity index (χ1) is 7.00. The van der Waals surface area contributed by atoms with Gasteiger partial charge in [0, 0.05) is 6.42 Å². The molecule has 1 rings (SSSR count). The summed E-state index contributed by atoms with van der Waals surface area (Å²) >= 11 is 0. The van der Waals surface area contributed by atoms with Crippen LogP contribution in [0.1, 0.15) is 12.0 Å². The minimum absolute atomic E-state index is 0.0749. The van der Waals surface area contributed by atoms with Crippen LogP contribution in [-0.4, -0.2) is 21.5 Å². The van der Waals surface area contributed by atoms with Gasteiger partial charge in [-0.25, -0.2) is 0 Å². The molecule has 0 spiro atoms. The van der Waals surface area contributed by atoms with Gasteiger partial charge in [0.05, 0.1) is 5.69 Å². The molecule has 0 unspecified atom stereocenters. The number of nitrogens with zero attached hydrogens (tertiary/aromatic N) is 1. The molecule has 15 heavy (non-hydrogen) atoms. The lowest BCUT2D eigenvalue weighted by atomic mass is 10.1. The van der Waals surface area contributed by atoms with Gasteiger partial charge in [0.25, 0.3) is 0 Å². The summed E-state index contributed by atoms with van der Waals surface area (Å²) in [5.41, 5.74) is 0.262. The van der Waals surface area contributed by atoms with E-state index in [0.29, 0.717) is 5.56 Å². The van der Waals surface area contributed by atoms with Crippen LogP contribution in [-0.2, 0) is 11.2 Å². The maximum atomic E-state index is 11.1. The first-order valence-corrected chi connectivity index (χ1v) is 4.20. The van der Waals surface area contributed by atoms with E-state index in [1.54, 1.807) is 0 Å². The van der Waals surface area contributed by atoms with Crippen molar-refractivity contribution in [3.05, 3.63) is 23.8 Å². The van der Waals surface area contributed by atoms with Crippen molar-refractivity contribution in [3.63, 3.8) is 0 Å². The van der Waals surface area contributed by atoms with Crippen molar-refractivity contribution < 1.29 is 25.4 Å². The number of carboxylic acid groups (broad SMARTS) is 1. The Morgan fingerprint density at radius 1 is 1.40 bits per heavy atom. The van der Waals surface area contributed by atoms with E-state index in [-0.39, 0.29) is 23.8 Å². The Morgan fingerprint density at radius 3 is 2.60 bits per heavy atom. The predicted octanol–water partition coefficient (Wildman–Crippen LogP) is 0.362. The standard InChI is InChI=1S/C9H11NO5/c11-8-3-1-6(2-4-9(12)13)5-7(8)10(14)15/h1,3,5,11,14-15H,2,4H2,(H,12,13)/p-1. The van der Waals surface area contributed by atoms with Crippen molar-refractivity contribution in [2.75, 3.05) is 5.23 Å². The van der Waals surface area contributed by atoms with Gasteiger partial charge in [0.15, 0.2) is 0 Å². The largest absolute Gasteiger partial charge is 0.871 e. The third kappa shape index (κ3) is 3.12. The summed E-state index contributed by atoms with van der Waals surface area (Å²) < 4.78 is 0. The van der Waals surface area contributed by atoms with E-state index >= 15 is 0 Å². The van der Waals surface area contributed by atoms with Crippen LogP contribution in [0, 0.1) is 0 Å². The summed E-state index contributed by atoms with van der Waals surface area (Å²) in [4.78, 5) is 10.3. The molecular formula is C9H10NO5-. The SMILES string of the molecule is O=C(O)CCc1ccc([O-])c(N(O)O)c1. The van der Waals surface area contributed by atoms with Gasteiger partial charge in [0.2, 0.25) is 0 Å². The Hall–Kier alpha value is -1.79. The van der Waals surface area contributed by atoms with Crippen LogP contribution in [0.25, 0.3) is 0 Å². The summed E-state index contributed by atoms with van der Waals surface area (Å²) in [6.45, 7) is 0. The molecule has 0 amide bonds. The zero-order chi connectivity index (χ0) is 11.4. The minimum Gasteiger partial charge on any atom is -0.871 e. The molecule has 1 aromatic rings. The Bertz CT molecular complexity index is 364. The van der Waals surface area contributed by atoms with E-state index in [2.05, 4.69) is 0 Å². The molecule has 0 heterocycles. The quantitative estimate of drug-likeness (QED) is 0.622. The summed E-state index contributed by atoms with van der Waals surface area (Å²) in [6, 6.07) is 3.86. The molecule has 0 aliphatic carbocycles. The Balaban J connectivity index is 2.83. The Morgan fingerprint density at radius 2 is 2.07 bits per heavy atom. The number of aryl methyl sites for hydroxylation is 1.